The van der Waals surface area contributed by atoms with E-state index in [-0.39, 0.29) is 18.2 Å². The van der Waals surface area contributed by atoms with E-state index in [9.17, 15) is 19.6 Å². The van der Waals surface area contributed by atoms with E-state index in [1.807, 2.05) is 19.1 Å². The van der Waals surface area contributed by atoms with Crippen LogP contribution in [0, 0.1) is 11.3 Å². The lowest BCUT2D eigenvalue weighted by Crippen LogP contribution is -2.58. The Morgan fingerprint density at radius 1 is 1.11 bits per heavy atom. The molecule has 2 aliphatic rings. The van der Waals surface area contributed by atoms with Gasteiger partial charge in [0, 0.05) is 16.1 Å². The van der Waals surface area contributed by atoms with Crippen molar-refractivity contribution in [3.05, 3.63) is 63.1 Å². The Hall–Kier alpha value is -3.64. The minimum Gasteiger partial charge on any atom is -0.490 e. The van der Waals surface area contributed by atoms with Crippen molar-refractivity contribution in [2.24, 2.45) is 0 Å². The van der Waals surface area contributed by atoms with Crippen molar-refractivity contribution in [2.75, 3.05) is 6.61 Å². The Kier molecular flexibility index (Phi) is 8.06. The fourth-order valence-corrected chi connectivity index (χ4v) is 4.89. The molecule has 186 valence electrons. The second-order valence-electron chi connectivity index (χ2n) is 8.60. The Morgan fingerprint density at radius 3 is 2.56 bits per heavy atom. The maximum atomic E-state index is 13.2. The second kappa shape index (κ2) is 11.4. The molecule has 1 saturated carbocycles. The van der Waals surface area contributed by atoms with E-state index in [2.05, 4.69) is 27.3 Å². The van der Waals surface area contributed by atoms with E-state index >= 15 is 0 Å². The first-order valence-corrected chi connectivity index (χ1v) is 12.7. The molecule has 36 heavy (non-hydrogen) atoms. The summed E-state index contributed by atoms with van der Waals surface area (Å²) in [5.41, 5.74) is 1.68. The van der Waals surface area contributed by atoms with Crippen molar-refractivity contribution in [1.29, 1.82) is 5.26 Å². The SMILES string of the molecule is CCOc1cc(C=C2C(=O)NC(=O)N(C3CCCCC3)C2=O)c(Br)cc1OCc1ccccc1C#N. The number of hydrogen-bond donors (Lipinski definition) is 1. The summed E-state index contributed by atoms with van der Waals surface area (Å²) in [5, 5.41) is 11.6. The summed E-state index contributed by atoms with van der Waals surface area (Å²) in [6, 6.07) is 11.8. The number of carbonyl (C=O) groups is 3. The molecule has 1 N–H and O–H groups in total. The van der Waals surface area contributed by atoms with Gasteiger partial charge in [-0.1, -0.05) is 53.4 Å². The van der Waals surface area contributed by atoms with Crippen molar-refractivity contribution in [3.8, 4) is 17.6 Å². The van der Waals surface area contributed by atoms with Crippen LogP contribution in [0.15, 0.2) is 46.4 Å². The summed E-state index contributed by atoms with van der Waals surface area (Å²) in [4.78, 5) is 39.5. The summed E-state index contributed by atoms with van der Waals surface area (Å²) in [6.07, 6.45) is 5.89. The molecular weight excluding hydrogens is 526 g/mol. The smallest absolute Gasteiger partial charge is 0.331 e. The quantitative estimate of drug-likeness (QED) is 0.379. The van der Waals surface area contributed by atoms with E-state index in [0.717, 1.165) is 37.7 Å². The van der Waals surface area contributed by atoms with Crippen LogP contribution in [0.3, 0.4) is 0 Å². The average Bonchev–Trinajstić information content (AvgIpc) is 2.88. The van der Waals surface area contributed by atoms with Gasteiger partial charge in [0.15, 0.2) is 11.5 Å². The van der Waals surface area contributed by atoms with Gasteiger partial charge in [-0.3, -0.25) is 19.8 Å². The predicted molar refractivity (Wildman–Crippen MR) is 136 cm³/mol. The third-order valence-electron chi connectivity index (χ3n) is 6.26. The van der Waals surface area contributed by atoms with Crippen LogP contribution in [-0.4, -0.2) is 35.4 Å². The Balaban J connectivity index is 1.63. The number of hydrogen-bond acceptors (Lipinski definition) is 6. The molecule has 0 unspecified atom stereocenters. The van der Waals surface area contributed by atoms with E-state index in [0.29, 0.717) is 33.7 Å². The van der Waals surface area contributed by atoms with Crippen LogP contribution < -0.4 is 14.8 Å². The molecular formula is C27H26BrN3O5. The number of amides is 4. The molecule has 8 nitrogen and oxygen atoms in total. The highest BCUT2D eigenvalue weighted by Crippen LogP contribution is 2.36. The van der Waals surface area contributed by atoms with Crippen LogP contribution in [0.2, 0.25) is 0 Å². The minimum atomic E-state index is -0.727. The zero-order valence-electron chi connectivity index (χ0n) is 19.9. The number of benzene rings is 2. The number of nitrogens with one attached hydrogen (secondary N) is 1. The van der Waals surface area contributed by atoms with E-state index < -0.39 is 17.8 Å². The molecule has 2 aromatic carbocycles. The standard InChI is InChI=1S/C27H26BrN3O5/c1-2-35-23-13-19(22(28)14-24(23)36-16-18-9-7-6-8-17(18)15-29)12-21-25(32)30-27(34)31(26(21)33)20-10-4-3-5-11-20/h6-9,12-14,20H,2-5,10-11,16H2,1H3,(H,30,32,34). The van der Waals surface area contributed by atoms with Gasteiger partial charge in [0.2, 0.25) is 0 Å². The number of halogens is 1. The number of nitrogens with zero attached hydrogens (tertiary/aromatic N) is 2. The largest absolute Gasteiger partial charge is 0.490 e. The van der Waals surface area contributed by atoms with Crippen LogP contribution in [0.4, 0.5) is 4.79 Å². The van der Waals surface area contributed by atoms with Gasteiger partial charge in [-0.25, -0.2) is 4.79 Å². The van der Waals surface area contributed by atoms with Crippen LogP contribution in [-0.2, 0) is 16.2 Å². The van der Waals surface area contributed by atoms with Gasteiger partial charge in [-0.05, 0) is 49.6 Å². The highest BCUT2D eigenvalue weighted by atomic mass is 79.9. The summed E-state index contributed by atoms with van der Waals surface area (Å²) in [5.74, 6) is -0.452. The lowest BCUT2D eigenvalue weighted by atomic mass is 9.93. The lowest BCUT2D eigenvalue weighted by Gasteiger charge is -2.35. The monoisotopic (exact) mass is 551 g/mol. The summed E-state index contributed by atoms with van der Waals surface area (Å²) in [6.45, 7) is 2.36. The Bertz CT molecular complexity index is 1260. The molecule has 2 aromatic rings. The van der Waals surface area contributed by atoms with Gasteiger partial charge < -0.3 is 9.47 Å². The minimum absolute atomic E-state index is 0.111. The summed E-state index contributed by atoms with van der Waals surface area (Å²) < 4.78 is 12.3. The van der Waals surface area contributed by atoms with Crippen molar-refractivity contribution in [1.82, 2.24) is 10.2 Å². The van der Waals surface area contributed by atoms with Gasteiger partial charge in [0.25, 0.3) is 11.8 Å². The molecule has 2 fully saturated rings. The summed E-state index contributed by atoms with van der Waals surface area (Å²) >= 11 is 3.50. The molecule has 0 aromatic heterocycles. The first-order chi connectivity index (χ1) is 17.4. The summed E-state index contributed by atoms with van der Waals surface area (Å²) in [7, 11) is 0. The first-order valence-electron chi connectivity index (χ1n) is 11.9. The molecule has 4 rings (SSSR count). The van der Waals surface area contributed by atoms with Gasteiger partial charge in [-0.15, -0.1) is 0 Å². The molecule has 0 bridgehead atoms. The van der Waals surface area contributed by atoms with Crippen LogP contribution in [0.5, 0.6) is 11.5 Å². The predicted octanol–water partition coefficient (Wildman–Crippen LogP) is 5.09. The number of imide groups is 2. The van der Waals surface area contributed by atoms with Crippen molar-refractivity contribution in [2.45, 2.75) is 51.7 Å². The number of urea groups is 1. The fraction of sp³-hybridized carbons (Fsp3) is 0.333. The molecule has 0 radical (unpaired) electrons. The second-order valence-corrected chi connectivity index (χ2v) is 9.45. The number of nitriles is 1. The van der Waals surface area contributed by atoms with E-state index in [1.165, 1.54) is 11.0 Å². The van der Waals surface area contributed by atoms with Gasteiger partial charge >= 0.3 is 6.03 Å². The zero-order chi connectivity index (χ0) is 25.7. The molecule has 0 spiro atoms. The van der Waals surface area contributed by atoms with Crippen LogP contribution in [0.1, 0.15) is 55.7 Å². The van der Waals surface area contributed by atoms with E-state index in [4.69, 9.17) is 9.47 Å². The third kappa shape index (κ3) is 5.44. The van der Waals surface area contributed by atoms with Crippen molar-refractivity contribution in [3.63, 3.8) is 0 Å². The average molecular weight is 552 g/mol. The number of rotatable bonds is 7. The van der Waals surface area contributed by atoms with Crippen molar-refractivity contribution < 1.29 is 23.9 Å². The van der Waals surface area contributed by atoms with Gasteiger partial charge in [-0.2, -0.15) is 5.26 Å². The number of barbiturate groups is 1. The molecule has 4 amide bonds. The Morgan fingerprint density at radius 2 is 1.83 bits per heavy atom. The van der Waals surface area contributed by atoms with Gasteiger partial charge in [0.05, 0.1) is 18.2 Å². The van der Waals surface area contributed by atoms with Crippen LogP contribution in [0.25, 0.3) is 6.08 Å². The number of ether oxygens (including phenoxy) is 2. The first kappa shape index (κ1) is 25.5. The van der Waals surface area contributed by atoms with Crippen LogP contribution >= 0.6 is 15.9 Å². The molecule has 1 aliphatic heterocycles. The molecule has 1 aliphatic carbocycles. The van der Waals surface area contributed by atoms with E-state index in [1.54, 1.807) is 24.3 Å². The normalized spacial score (nSPS) is 17.6. The molecule has 9 heteroatoms. The lowest BCUT2D eigenvalue weighted by molar-refractivity contribution is -0.132. The van der Waals surface area contributed by atoms with Gasteiger partial charge in [0.1, 0.15) is 12.2 Å². The zero-order valence-corrected chi connectivity index (χ0v) is 21.5. The maximum absolute atomic E-state index is 13.2. The van der Waals surface area contributed by atoms with Crippen molar-refractivity contribution >= 4 is 39.9 Å². The maximum Gasteiger partial charge on any atom is 0.331 e. The number of carbonyl (C=O) groups excluding carboxylic acids is 3. The highest BCUT2D eigenvalue weighted by molar-refractivity contribution is 9.10. The fourth-order valence-electron chi connectivity index (χ4n) is 4.45. The highest BCUT2D eigenvalue weighted by Gasteiger charge is 2.40. The molecule has 0 atom stereocenters. The molecule has 1 saturated heterocycles. The Labute approximate surface area is 218 Å². The molecule has 1 heterocycles. The topological polar surface area (TPSA) is 109 Å². The third-order valence-corrected chi connectivity index (χ3v) is 6.94.